The van der Waals surface area contributed by atoms with Crippen LogP contribution < -0.4 is 10.5 Å². The second kappa shape index (κ2) is 4.33. The van der Waals surface area contributed by atoms with Crippen LogP contribution in [0.4, 0.5) is 0 Å². The van der Waals surface area contributed by atoms with Crippen molar-refractivity contribution in [2.24, 2.45) is 5.73 Å². The SMILES string of the molecule is Cc1cc(Cl)ccc1OC(C)C(N)=O. The summed E-state index contributed by atoms with van der Waals surface area (Å²) in [5.74, 6) is 0.139. The van der Waals surface area contributed by atoms with Gasteiger partial charge in [-0.05, 0) is 37.6 Å². The molecule has 1 atom stereocenters. The number of halogens is 1. The monoisotopic (exact) mass is 213 g/mol. The predicted octanol–water partition coefficient (Wildman–Crippen LogP) is 1.90. The Bertz CT molecular complexity index is 352. The van der Waals surface area contributed by atoms with E-state index < -0.39 is 12.0 Å². The molecule has 1 aromatic rings. The third kappa shape index (κ3) is 2.64. The summed E-state index contributed by atoms with van der Waals surface area (Å²) < 4.78 is 5.33. The van der Waals surface area contributed by atoms with Gasteiger partial charge in [-0.1, -0.05) is 11.6 Å². The molecular weight excluding hydrogens is 202 g/mol. The number of benzene rings is 1. The van der Waals surface area contributed by atoms with Gasteiger partial charge in [0, 0.05) is 5.02 Å². The van der Waals surface area contributed by atoms with E-state index in [1.807, 2.05) is 6.92 Å². The van der Waals surface area contributed by atoms with Crippen molar-refractivity contribution in [2.75, 3.05) is 0 Å². The minimum atomic E-state index is -0.630. The normalized spacial score (nSPS) is 12.2. The standard InChI is InChI=1S/C10H12ClNO2/c1-6-5-8(11)3-4-9(6)14-7(2)10(12)13/h3-5,7H,1-2H3,(H2,12,13). The van der Waals surface area contributed by atoms with Crippen LogP contribution in [0.3, 0.4) is 0 Å². The molecule has 14 heavy (non-hydrogen) atoms. The molecule has 76 valence electrons. The lowest BCUT2D eigenvalue weighted by molar-refractivity contribution is -0.123. The highest BCUT2D eigenvalue weighted by Crippen LogP contribution is 2.22. The Labute approximate surface area is 87.8 Å². The van der Waals surface area contributed by atoms with E-state index in [0.717, 1.165) is 5.56 Å². The molecule has 3 nitrogen and oxygen atoms in total. The number of aryl methyl sites for hydroxylation is 1. The fraction of sp³-hybridized carbons (Fsp3) is 0.300. The quantitative estimate of drug-likeness (QED) is 0.834. The van der Waals surface area contributed by atoms with Crippen molar-refractivity contribution in [1.29, 1.82) is 0 Å². The largest absolute Gasteiger partial charge is 0.481 e. The Hall–Kier alpha value is -1.22. The first-order valence-electron chi connectivity index (χ1n) is 4.23. The smallest absolute Gasteiger partial charge is 0.258 e. The third-order valence-electron chi connectivity index (χ3n) is 1.84. The zero-order valence-electron chi connectivity index (χ0n) is 8.08. The van der Waals surface area contributed by atoms with Crippen molar-refractivity contribution in [3.63, 3.8) is 0 Å². The summed E-state index contributed by atoms with van der Waals surface area (Å²) in [4.78, 5) is 10.8. The van der Waals surface area contributed by atoms with E-state index in [-0.39, 0.29) is 0 Å². The average Bonchev–Trinajstić information content (AvgIpc) is 2.09. The molecule has 1 amide bonds. The van der Waals surface area contributed by atoms with Crippen LogP contribution in [0.5, 0.6) is 5.75 Å². The summed E-state index contributed by atoms with van der Waals surface area (Å²) in [7, 11) is 0. The van der Waals surface area contributed by atoms with E-state index in [1.54, 1.807) is 25.1 Å². The van der Waals surface area contributed by atoms with Crippen LogP contribution in [0.1, 0.15) is 12.5 Å². The first-order valence-corrected chi connectivity index (χ1v) is 4.60. The van der Waals surface area contributed by atoms with Crippen LogP contribution in [0.2, 0.25) is 5.02 Å². The summed E-state index contributed by atoms with van der Waals surface area (Å²) in [6, 6.07) is 5.19. The molecule has 1 aromatic carbocycles. The summed E-state index contributed by atoms with van der Waals surface area (Å²) in [6.45, 7) is 3.46. The Morgan fingerprint density at radius 3 is 2.71 bits per heavy atom. The average molecular weight is 214 g/mol. The fourth-order valence-electron chi connectivity index (χ4n) is 0.994. The van der Waals surface area contributed by atoms with Crippen LogP contribution >= 0.6 is 11.6 Å². The van der Waals surface area contributed by atoms with E-state index >= 15 is 0 Å². The molecular formula is C10H12ClNO2. The molecule has 1 unspecified atom stereocenters. The molecule has 0 heterocycles. The maximum absolute atomic E-state index is 10.8. The lowest BCUT2D eigenvalue weighted by Crippen LogP contribution is -2.30. The Kier molecular flexibility index (Phi) is 3.36. The number of carbonyl (C=O) groups excluding carboxylic acids is 1. The summed E-state index contributed by atoms with van der Waals surface area (Å²) in [6.07, 6.45) is -0.630. The first kappa shape index (κ1) is 10.9. The molecule has 2 N–H and O–H groups in total. The number of primary amides is 1. The van der Waals surface area contributed by atoms with Crippen molar-refractivity contribution in [3.05, 3.63) is 28.8 Å². The number of nitrogens with two attached hydrogens (primary N) is 1. The fourth-order valence-corrected chi connectivity index (χ4v) is 1.22. The highest BCUT2D eigenvalue weighted by atomic mass is 35.5. The van der Waals surface area contributed by atoms with Crippen LogP contribution in [-0.4, -0.2) is 12.0 Å². The van der Waals surface area contributed by atoms with E-state index in [0.29, 0.717) is 10.8 Å². The predicted molar refractivity (Wildman–Crippen MR) is 55.5 cm³/mol. The van der Waals surface area contributed by atoms with Gasteiger partial charge in [0.1, 0.15) is 5.75 Å². The molecule has 0 saturated carbocycles. The summed E-state index contributed by atoms with van der Waals surface area (Å²) in [5.41, 5.74) is 5.95. The number of carbonyl (C=O) groups is 1. The van der Waals surface area contributed by atoms with Gasteiger partial charge >= 0.3 is 0 Å². The number of rotatable bonds is 3. The Morgan fingerprint density at radius 2 is 2.21 bits per heavy atom. The lowest BCUT2D eigenvalue weighted by Gasteiger charge is -2.13. The van der Waals surface area contributed by atoms with Crippen molar-refractivity contribution in [2.45, 2.75) is 20.0 Å². The van der Waals surface area contributed by atoms with E-state index in [2.05, 4.69) is 0 Å². The van der Waals surface area contributed by atoms with Gasteiger partial charge in [0.15, 0.2) is 6.10 Å². The number of ether oxygens (including phenoxy) is 1. The minimum absolute atomic E-state index is 0.487. The van der Waals surface area contributed by atoms with Gasteiger partial charge in [0.25, 0.3) is 5.91 Å². The number of hydrogen-bond donors (Lipinski definition) is 1. The number of hydrogen-bond acceptors (Lipinski definition) is 2. The molecule has 4 heteroatoms. The maximum atomic E-state index is 10.8. The molecule has 1 rings (SSSR count). The van der Waals surface area contributed by atoms with Gasteiger partial charge in [0.2, 0.25) is 0 Å². The molecule has 0 aliphatic heterocycles. The molecule has 0 aliphatic rings. The highest BCUT2D eigenvalue weighted by molar-refractivity contribution is 6.30. The Balaban J connectivity index is 2.82. The van der Waals surface area contributed by atoms with Crippen molar-refractivity contribution in [1.82, 2.24) is 0 Å². The van der Waals surface area contributed by atoms with Gasteiger partial charge in [-0.2, -0.15) is 0 Å². The lowest BCUT2D eigenvalue weighted by atomic mass is 10.2. The molecule has 0 fully saturated rings. The topological polar surface area (TPSA) is 52.3 Å². The number of amides is 1. The second-order valence-electron chi connectivity index (χ2n) is 3.07. The van der Waals surface area contributed by atoms with Gasteiger partial charge < -0.3 is 10.5 Å². The van der Waals surface area contributed by atoms with Gasteiger partial charge in [-0.3, -0.25) is 4.79 Å². The van der Waals surface area contributed by atoms with Crippen LogP contribution in [0.25, 0.3) is 0 Å². The van der Waals surface area contributed by atoms with E-state index in [9.17, 15) is 4.79 Å². The molecule has 0 saturated heterocycles. The van der Waals surface area contributed by atoms with Crippen LogP contribution in [0.15, 0.2) is 18.2 Å². The molecule has 0 aromatic heterocycles. The zero-order chi connectivity index (χ0) is 10.7. The summed E-state index contributed by atoms with van der Waals surface area (Å²) >= 11 is 5.77. The van der Waals surface area contributed by atoms with Crippen molar-refractivity contribution in [3.8, 4) is 5.75 Å². The second-order valence-corrected chi connectivity index (χ2v) is 3.51. The molecule has 0 radical (unpaired) electrons. The molecule has 0 aliphatic carbocycles. The van der Waals surface area contributed by atoms with Crippen molar-refractivity contribution >= 4 is 17.5 Å². The van der Waals surface area contributed by atoms with E-state index in [1.165, 1.54) is 0 Å². The Morgan fingerprint density at radius 1 is 1.57 bits per heavy atom. The van der Waals surface area contributed by atoms with Gasteiger partial charge in [0.05, 0.1) is 0 Å². The highest BCUT2D eigenvalue weighted by Gasteiger charge is 2.11. The van der Waals surface area contributed by atoms with Crippen molar-refractivity contribution < 1.29 is 9.53 Å². The van der Waals surface area contributed by atoms with Crippen LogP contribution in [-0.2, 0) is 4.79 Å². The first-order chi connectivity index (χ1) is 6.50. The van der Waals surface area contributed by atoms with Gasteiger partial charge in [-0.25, -0.2) is 0 Å². The summed E-state index contributed by atoms with van der Waals surface area (Å²) in [5, 5.41) is 0.640. The zero-order valence-corrected chi connectivity index (χ0v) is 8.84. The molecule has 0 spiro atoms. The minimum Gasteiger partial charge on any atom is -0.481 e. The van der Waals surface area contributed by atoms with E-state index in [4.69, 9.17) is 22.1 Å². The molecule has 0 bridgehead atoms. The third-order valence-corrected chi connectivity index (χ3v) is 2.08. The van der Waals surface area contributed by atoms with Gasteiger partial charge in [-0.15, -0.1) is 0 Å². The maximum Gasteiger partial charge on any atom is 0.258 e. The van der Waals surface area contributed by atoms with Crippen LogP contribution in [0, 0.1) is 6.92 Å².